The summed E-state index contributed by atoms with van der Waals surface area (Å²) in [5.74, 6) is 0. The summed E-state index contributed by atoms with van der Waals surface area (Å²) in [5.41, 5.74) is 0. The molecule has 3 nitrogen and oxygen atoms in total. The normalized spacial score (nSPS) is 13.2. The largest absolute Gasteiger partial charge is 0.389 e. The molecule has 0 saturated heterocycles. The van der Waals surface area contributed by atoms with E-state index in [2.05, 4.69) is 26.1 Å². The van der Waals surface area contributed by atoms with Gasteiger partial charge in [-0.25, -0.2) is 0 Å². The second-order valence-corrected chi connectivity index (χ2v) is 5.06. The molecule has 0 aromatic rings. The maximum absolute atomic E-state index is 9.58. The molecule has 1 unspecified atom stereocenters. The van der Waals surface area contributed by atoms with Crippen LogP contribution in [-0.4, -0.2) is 37.0 Å². The van der Waals surface area contributed by atoms with E-state index in [1.807, 2.05) is 0 Å². The number of aliphatic hydroxyl groups excluding tert-OH is 1. The Kier molecular flexibility index (Phi) is 12.3. The minimum atomic E-state index is -0.377. The van der Waals surface area contributed by atoms with E-state index in [1.54, 1.807) is 0 Å². The lowest BCUT2D eigenvalue weighted by Gasteiger charge is -2.14. The summed E-state index contributed by atoms with van der Waals surface area (Å²) in [7, 11) is 0. The van der Waals surface area contributed by atoms with Crippen LogP contribution in [0, 0.1) is 0 Å². The Balaban J connectivity index is 3.11. The summed E-state index contributed by atoms with van der Waals surface area (Å²) in [6, 6.07) is 0.420. The lowest BCUT2D eigenvalue weighted by molar-refractivity contribution is 0.0346. The van der Waals surface area contributed by atoms with Crippen molar-refractivity contribution in [3.63, 3.8) is 0 Å². The van der Waals surface area contributed by atoms with Crippen LogP contribution in [0.3, 0.4) is 0 Å². The smallest absolute Gasteiger partial charge is 0.0897 e. The third-order valence-electron chi connectivity index (χ3n) is 2.71. The van der Waals surface area contributed by atoms with Gasteiger partial charge in [0.25, 0.3) is 0 Å². The zero-order chi connectivity index (χ0) is 12.9. The molecule has 0 aliphatic carbocycles. The van der Waals surface area contributed by atoms with E-state index in [0.29, 0.717) is 19.2 Å². The summed E-state index contributed by atoms with van der Waals surface area (Å²) >= 11 is 0. The van der Waals surface area contributed by atoms with Crippen molar-refractivity contribution in [1.29, 1.82) is 0 Å². The molecule has 0 heterocycles. The topological polar surface area (TPSA) is 41.5 Å². The van der Waals surface area contributed by atoms with Crippen molar-refractivity contribution >= 4 is 0 Å². The van der Waals surface area contributed by atoms with Crippen LogP contribution in [0.15, 0.2) is 0 Å². The van der Waals surface area contributed by atoms with Gasteiger partial charge in [-0.05, 0) is 6.42 Å². The summed E-state index contributed by atoms with van der Waals surface area (Å²) in [6.07, 6.45) is 7.30. The summed E-state index contributed by atoms with van der Waals surface area (Å²) in [6.45, 7) is 8.23. The van der Waals surface area contributed by atoms with Crippen molar-refractivity contribution in [3.05, 3.63) is 0 Å². The quantitative estimate of drug-likeness (QED) is 0.519. The van der Waals surface area contributed by atoms with Crippen molar-refractivity contribution in [1.82, 2.24) is 5.32 Å². The van der Waals surface area contributed by atoms with Gasteiger partial charge >= 0.3 is 0 Å². The van der Waals surface area contributed by atoms with Crippen LogP contribution in [0.5, 0.6) is 0 Å². The molecule has 0 spiro atoms. The average Bonchev–Trinajstić information content (AvgIpc) is 2.30. The minimum absolute atomic E-state index is 0.377. The zero-order valence-electron chi connectivity index (χ0n) is 11.9. The Morgan fingerprint density at radius 3 is 2.35 bits per heavy atom. The molecule has 0 aromatic carbocycles. The molecule has 104 valence electrons. The number of nitrogens with one attached hydrogen (secondary N) is 1. The van der Waals surface area contributed by atoms with Crippen LogP contribution in [0.25, 0.3) is 0 Å². The lowest BCUT2D eigenvalue weighted by atomic mass is 10.1. The summed E-state index contributed by atoms with van der Waals surface area (Å²) in [4.78, 5) is 0. The molecular weight excluding hydrogens is 214 g/mol. The van der Waals surface area contributed by atoms with Gasteiger partial charge in [-0.3, -0.25) is 0 Å². The van der Waals surface area contributed by atoms with Crippen molar-refractivity contribution in [2.75, 3.05) is 19.8 Å². The Morgan fingerprint density at radius 2 is 1.71 bits per heavy atom. The van der Waals surface area contributed by atoms with Gasteiger partial charge < -0.3 is 15.2 Å². The third-order valence-corrected chi connectivity index (χ3v) is 2.71. The molecule has 0 radical (unpaired) electrons. The maximum atomic E-state index is 9.58. The SMILES string of the molecule is CCCCCCCCOCC(O)CNC(C)C. The third kappa shape index (κ3) is 13.8. The van der Waals surface area contributed by atoms with Crippen molar-refractivity contribution in [2.45, 2.75) is 71.4 Å². The second kappa shape index (κ2) is 12.3. The average molecular weight is 245 g/mol. The fourth-order valence-electron chi connectivity index (χ4n) is 1.63. The highest BCUT2D eigenvalue weighted by Gasteiger charge is 2.04. The Labute approximate surface area is 107 Å². The highest BCUT2D eigenvalue weighted by Crippen LogP contribution is 2.04. The first-order valence-electron chi connectivity index (χ1n) is 7.16. The molecular formula is C14H31NO2. The van der Waals surface area contributed by atoms with Gasteiger partial charge in [0.05, 0.1) is 12.7 Å². The van der Waals surface area contributed by atoms with Crippen LogP contribution in [0.2, 0.25) is 0 Å². The van der Waals surface area contributed by atoms with Crippen molar-refractivity contribution < 1.29 is 9.84 Å². The van der Waals surface area contributed by atoms with Crippen LogP contribution >= 0.6 is 0 Å². The highest BCUT2D eigenvalue weighted by molar-refractivity contribution is 4.60. The van der Waals surface area contributed by atoms with Gasteiger partial charge in [-0.15, -0.1) is 0 Å². The lowest BCUT2D eigenvalue weighted by Crippen LogP contribution is -2.34. The second-order valence-electron chi connectivity index (χ2n) is 5.06. The first-order chi connectivity index (χ1) is 8.16. The molecule has 3 heteroatoms. The summed E-state index contributed by atoms with van der Waals surface area (Å²) < 4.78 is 5.44. The van der Waals surface area contributed by atoms with E-state index in [9.17, 15) is 5.11 Å². The van der Waals surface area contributed by atoms with Crippen LogP contribution < -0.4 is 5.32 Å². The first-order valence-corrected chi connectivity index (χ1v) is 7.16. The van der Waals surface area contributed by atoms with E-state index >= 15 is 0 Å². The molecule has 0 bridgehead atoms. The van der Waals surface area contributed by atoms with E-state index in [-0.39, 0.29) is 6.10 Å². The van der Waals surface area contributed by atoms with Crippen LogP contribution in [-0.2, 0) is 4.74 Å². The molecule has 2 N–H and O–H groups in total. The molecule has 0 saturated carbocycles. The number of rotatable bonds is 12. The number of aliphatic hydroxyl groups is 1. The molecule has 0 fully saturated rings. The van der Waals surface area contributed by atoms with Crippen molar-refractivity contribution in [2.24, 2.45) is 0 Å². The fraction of sp³-hybridized carbons (Fsp3) is 1.00. The molecule has 0 aliphatic heterocycles. The van der Waals surface area contributed by atoms with Gasteiger partial charge in [-0.2, -0.15) is 0 Å². The molecule has 0 aliphatic rings. The van der Waals surface area contributed by atoms with Gasteiger partial charge in [0.1, 0.15) is 0 Å². The number of hydrogen-bond donors (Lipinski definition) is 2. The van der Waals surface area contributed by atoms with E-state index < -0.39 is 0 Å². The minimum Gasteiger partial charge on any atom is -0.389 e. The van der Waals surface area contributed by atoms with E-state index in [0.717, 1.165) is 13.0 Å². The molecule has 17 heavy (non-hydrogen) atoms. The molecule has 0 rings (SSSR count). The van der Waals surface area contributed by atoms with Gasteiger partial charge in [0.2, 0.25) is 0 Å². The predicted octanol–water partition coefficient (Wildman–Crippen LogP) is 2.72. The molecule has 0 amide bonds. The van der Waals surface area contributed by atoms with E-state index in [1.165, 1.54) is 32.1 Å². The predicted molar refractivity (Wildman–Crippen MR) is 73.3 cm³/mol. The summed E-state index contributed by atoms with van der Waals surface area (Å²) in [5, 5.41) is 12.8. The number of ether oxygens (including phenoxy) is 1. The van der Waals surface area contributed by atoms with Crippen molar-refractivity contribution in [3.8, 4) is 0 Å². The number of hydrogen-bond acceptors (Lipinski definition) is 3. The standard InChI is InChI=1S/C14H31NO2/c1-4-5-6-7-8-9-10-17-12-14(16)11-15-13(2)3/h13-16H,4-12H2,1-3H3. The Bertz CT molecular complexity index is 151. The Hall–Kier alpha value is -0.120. The fourth-order valence-corrected chi connectivity index (χ4v) is 1.63. The van der Waals surface area contributed by atoms with Gasteiger partial charge in [0, 0.05) is 19.2 Å². The number of unbranched alkanes of at least 4 members (excludes halogenated alkanes) is 5. The van der Waals surface area contributed by atoms with E-state index in [4.69, 9.17) is 4.74 Å². The Morgan fingerprint density at radius 1 is 1.06 bits per heavy atom. The first kappa shape index (κ1) is 16.9. The van der Waals surface area contributed by atoms with Crippen LogP contribution in [0.1, 0.15) is 59.3 Å². The zero-order valence-corrected chi connectivity index (χ0v) is 11.9. The van der Waals surface area contributed by atoms with Gasteiger partial charge in [-0.1, -0.05) is 52.9 Å². The van der Waals surface area contributed by atoms with Crippen LogP contribution in [0.4, 0.5) is 0 Å². The van der Waals surface area contributed by atoms with Gasteiger partial charge in [0.15, 0.2) is 0 Å². The molecule has 1 atom stereocenters. The highest BCUT2D eigenvalue weighted by atomic mass is 16.5. The monoisotopic (exact) mass is 245 g/mol. The molecule has 0 aromatic heterocycles. The maximum Gasteiger partial charge on any atom is 0.0897 e.